The first-order valence-corrected chi connectivity index (χ1v) is 14.2. The SMILES string of the molecule is CCN1CCc2c(sc(-n3cccc3)c2CNC(=O)Nc2sc3c(c2C(C)(C)C)CCCC3)C1. The van der Waals surface area contributed by atoms with Crippen LogP contribution < -0.4 is 10.6 Å². The van der Waals surface area contributed by atoms with Gasteiger partial charge in [-0.2, -0.15) is 0 Å². The lowest BCUT2D eigenvalue weighted by molar-refractivity contribution is 0.251. The van der Waals surface area contributed by atoms with E-state index in [1.165, 1.54) is 49.9 Å². The van der Waals surface area contributed by atoms with Gasteiger partial charge in [0.05, 0.1) is 0 Å². The van der Waals surface area contributed by atoms with Crippen molar-refractivity contribution in [3.05, 3.63) is 56.5 Å². The third-order valence-corrected chi connectivity index (χ3v) is 9.56. The minimum absolute atomic E-state index is 0.0171. The fraction of sp³-hybridized carbons (Fsp3) is 0.519. The summed E-state index contributed by atoms with van der Waals surface area (Å²) in [6, 6.07) is 4.02. The van der Waals surface area contributed by atoms with E-state index in [1.54, 1.807) is 11.3 Å². The van der Waals surface area contributed by atoms with E-state index in [9.17, 15) is 4.79 Å². The Kier molecular flexibility index (Phi) is 6.62. The molecule has 7 heteroatoms. The van der Waals surface area contributed by atoms with Gasteiger partial charge in [-0.15, -0.1) is 22.7 Å². The molecule has 0 aromatic carbocycles. The van der Waals surface area contributed by atoms with Gasteiger partial charge in [0, 0.05) is 47.3 Å². The van der Waals surface area contributed by atoms with Gasteiger partial charge in [-0.3, -0.25) is 10.2 Å². The Bertz CT molecular complexity index is 1170. The summed E-state index contributed by atoms with van der Waals surface area (Å²) in [5.74, 6) is 0. The second-order valence-electron chi connectivity index (χ2n) is 10.5. The number of fused-ring (bicyclic) bond motifs is 2. The van der Waals surface area contributed by atoms with Crippen molar-refractivity contribution >= 4 is 33.7 Å². The van der Waals surface area contributed by atoms with Crippen LogP contribution in [0.4, 0.5) is 9.80 Å². The van der Waals surface area contributed by atoms with Crippen molar-refractivity contribution in [1.82, 2.24) is 14.8 Å². The molecule has 0 fully saturated rings. The number of thiophene rings is 2. The van der Waals surface area contributed by atoms with Gasteiger partial charge in [-0.1, -0.05) is 27.7 Å². The normalized spacial score (nSPS) is 16.2. The van der Waals surface area contributed by atoms with E-state index in [4.69, 9.17) is 0 Å². The number of aromatic nitrogens is 1. The van der Waals surface area contributed by atoms with Crippen LogP contribution in [0.1, 0.15) is 72.5 Å². The predicted molar refractivity (Wildman–Crippen MR) is 144 cm³/mol. The van der Waals surface area contributed by atoms with Crippen molar-refractivity contribution in [3.63, 3.8) is 0 Å². The number of urea groups is 1. The number of rotatable bonds is 5. The van der Waals surface area contributed by atoms with E-state index in [2.05, 4.69) is 72.3 Å². The van der Waals surface area contributed by atoms with Crippen molar-refractivity contribution in [1.29, 1.82) is 0 Å². The van der Waals surface area contributed by atoms with Crippen molar-refractivity contribution in [3.8, 4) is 5.00 Å². The fourth-order valence-electron chi connectivity index (χ4n) is 5.40. The highest BCUT2D eigenvalue weighted by Crippen LogP contribution is 2.44. The van der Waals surface area contributed by atoms with Crippen molar-refractivity contribution in [2.75, 3.05) is 18.4 Å². The molecule has 4 heterocycles. The molecule has 2 N–H and O–H groups in total. The van der Waals surface area contributed by atoms with Crippen LogP contribution in [0, 0.1) is 0 Å². The Hall–Kier alpha value is -2.09. The third kappa shape index (κ3) is 4.58. The zero-order chi connectivity index (χ0) is 23.9. The molecule has 3 aromatic heterocycles. The number of nitrogens with one attached hydrogen (secondary N) is 2. The van der Waals surface area contributed by atoms with E-state index in [-0.39, 0.29) is 11.4 Å². The molecule has 0 unspecified atom stereocenters. The summed E-state index contributed by atoms with van der Waals surface area (Å²) in [6.45, 7) is 12.7. The first kappa shape index (κ1) is 23.6. The van der Waals surface area contributed by atoms with Crippen LogP contribution in [0.5, 0.6) is 0 Å². The number of aryl methyl sites for hydroxylation is 1. The Morgan fingerprint density at radius 2 is 1.79 bits per heavy atom. The average Bonchev–Trinajstić information content (AvgIpc) is 3.53. The van der Waals surface area contributed by atoms with E-state index in [0.717, 1.165) is 43.9 Å². The van der Waals surface area contributed by atoms with Crippen molar-refractivity contribution in [2.45, 2.75) is 78.3 Å². The molecule has 182 valence electrons. The van der Waals surface area contributed by atoms with Gasteiger partial charge in [-0.25, -0.2) is 4.79 Å². The number of nitrogens with zero attached hydrogens (tertiary/aromatic N) is 2. The number of likely N-dealkylation sites (N-methyl/N-ethyl adjacent to an activating group) is 1. The molecular formula is C27H36N4OS2. The van der Waals surface area contributed by atoms with Crippen molar-refractivity contribution in [2.24, 2.45) is 0 Å². The van der Waals surface area contributed by atoms with Crippen LogP contribution in [0.2, 0.25) is 0 Å². The Balaban J connectivity index is 1.37. The third-order valence-electron chi connectivity index (χ3n) is 7.08. The highest BCUT2D eigenvalue weighted by molar-refractivity contribution is 7.16. The zero-order valence-electron chi connectivity index (χ0n) is 20.8. The minimum atomic E-state index is -0.103. The smallest absolute Gasteiger partial charge is 0.320 e. The fourth-order valence-corrected chi connectivity index (χ4v) is 8.27. The van der Waals surface area contributed by atoms with E-state index in [1.807, 2.05) is 11.3 Å². The molecule has 2 amide bonds. The first-order chi connectivity index (χ1) is 16.3. The van der Waals surface area contributed by atoms with Gasteiger partial charge >= 0.3 is 6.03 Å². The van der Waals surface area contributed by atoms with Crippen LogP contribution >= 0.6 is 22.7 Å². The van der Waals surface area contributed by atoms with Gasteiger partial charge in [0.25, 0.3) is 0 Å². The molecule has 5 nitrogen and oxygen atoms in total. The Morgan fingerprint density at radius 1 is 1.03 bits per heavy atom. The molecule has 3 aromatic rings. The maximum absolute atomic E-state index is 13.1. The van der Waals surface area contributed by atoms with Gasteiger partial charge in [0.1, 0.15) is 10.0 Å². The first-order valence-electron chi connectivity index (χ1n) is 12.5. The molecule has 0 bridgehead atoms. The van der Waals surface area contributed by atoms with E-state index >= 15 is 0 Å². The van der Waals surface area contributed by atoms with E-state index < -0.39 is 0 Å². The zero-order valence-corrected chi connectivity index (χ0v) is 22.4. The van der Waals surface area contributed by atoms with Crippen LogP contribution in [0.3, 0.4) is 0 Å². The molecule has 34 heavy (non-hydrogen) atoms. The summed E-state index contributed by atoms with van der Waals surface area (Å²) in [5.41, 5.74) is 5.54. The molecule has 5 rings (SSSR count). The summed E-state index contributed by atoms with van der Waals surface area (Å²) >= 11 is 3.66. The maximum Gasteiger partial charge on any atom is 0.320 e. The van der Waals surface area contributed by atoms with Crippen LogP contribution in [0.25, 0.3) is 5.00 Å². The summed E-state index contributed by atoms with van der Waals surface area (Å²) in [6.07, 6.45) is 10.0. The predicted octanol–water partition coefficient (Wildman–Crippen LogP) is 6.48. The lowest BCUT2D eigenvalue weighted by Crippen LogP contribution is -2.31. The molecule has 1 aliphatic carbocycles. The van der Waals surface area contributed by atoms with Gasteiger partial charge in [0.2, 0.25) is 0 Å². The van der Waals surface area contributed by atoms with Crippen LogP contribution in [-0.2, 0) is 37.8 Å². The number of carbonyl (C=O) groups excluding carboxylic acids is 1. The highest BCUT2D eigenvalue weighted by Gasteiger charge is 2.29. The van der Waals surface area contributed by atoms with Crippen LogP contribution in [0.15, 0.2) is 24.5 Å². The van der Waals surface area contributed by atoms with Crippen molar-refractivity contribution < 1.29 is 4.79 Å². The summed E-state index contributed by atoms with van der Waals surface area (Å²) in [5, 5.41) is 8.72. The highest BCUT2D eigenvalue weighted by atomic mass is 32.1. The van der Waals surface area contributed by atoms with Gasteiger partial charge in [0.15, 0.2) is 0 Å². The van der Waals surface area contributed by atoms with E-state index in [0.29, 0.717) is 6.54 Å². The molecular weight excluding hydrogens is 460 g/mol. The Labute approximate surface area is 211 Å². The molecule has 0 saturated carbocycles. The number of amides is 2. The van der Waals surface area contributed by atoms with Crippen LogP contribution in [-0.4, -0.2) is 28.6 Å². The molecule has 2 aliphatic rings. The molecule has 0 spiro atoms. The molecule has 0 radical (unpaired) electrons. The monoisotopic (exact) mass is 496 g/mol. The summed E-state index contributed by atoms with van der Waals surface area (Å²) < 4.78 is 2.19. The second kappa shape index (κ2) is 9.51. The van der Waals surface area contributed by atoms with Gasteiger partial charge in [-0.05, 0) is 72.9 Å². The maximum atomic E-state index is 13.1. The lowest BCUT2D eigenvalue weighted by atomic mass is 9.81. The second-order valence-corrected chi connectivity index (χ2v) is 12.7. The van der Waals surface area contributed by atoms with Gasteiger partial charge < -0.3 is 9.88 Å². The summed E-state index contributed by atoms with van der Waals surface area (Å²) in [7, 11) is 0. The number of carbonyl (C=O) groups is 1. The average molecular weight is 497 g/mol. The molecule has 0 saturated heterocycles. The number of hydrogen-bond donors (Lipinski definition) is 2. The number of hydrogen-bond acceptors (Lipinski definition) is 4. The lowest BCUT2D eigenvalue weighted by Gasteiger charge is -2.25. The molecule has 1 aliphatic heterocycles. The topological polar surface area (TPSA) is 49.3 Å². The largest absolute Gasteiger partial charge is 0.334 e. The molecule has 0 atom stereocenters. The minimum Gasteiger partial charge on any atom is -0.334 e. The number of anilines is 1. The standard InChI is InChI=1S/C27H36N4OS2/c1-5-30-15-12-18-20(25(34-22(18)17-30)31-13-8-9-14-31)16-28-26(32)29-24-23(27(2,3)4)19-10-6-7-11-21(19)33-24/h8-9,13-14H,5-7,10-12,15-17H2,1-4H3,(H2,28,29,32). The summed E-state index contributed by atoms with van der Waals surface area (Å²) in [4.78, 5) is 18.5. The Morgan fingerprint density at radius 3 is 2.53 bits per heavy atom. The quantitative estimate of drug-likeness (QED) is 0.425.